The summed E-state index contributed by atoms with van der Waals surface area (Å²) in [6.45, 7) is 3.03. The number of benzene rings is 2. The number of carbonyl (C=O) groups is 1. The number of aryl methyl sites for hydroxylation is 1. The molecule has 0 radical (unpaired) electrons. The van der Waals surface area contributed by atoms with Crippen LogP contribution in [-0.4, -0.2) is 27.1 Å². The molecule has 4 rings (SSSR count). The Morgan fingerprint density at radius 1 is 1.33 bits per heavy atom. The van der Waals surface area contributed by atoms with Crippen LogP contribution in [0, 0.1) is 24.1 Å². The van der Waals surface area contributed by atoms with Gasteiger partial charge >= 0.3 is 5.97 Å². The molecule has 150 valence electrons. The van der Waals surface area contributed by atoms with Gasteiger partial charge in [-0.2, -0.15) is 5.26 Å². The Kier molecular flexibility index (Phi) is 4.72. The number of ether oxygens (including phenoxy) is 1. The second-order valence-electron chi connectivity index (χ2n) is 6.72. The first kappa shape index (κ1) is 19.2. The molecule has 2 heterocycles. The number of aliphatic hydroxyl groups excluding tert-OH is 1. The number of H-pyrrole nitrogens is 1. The minimum Gasteiger partial charge on any atom is -0.507 e. The van der Waals surface area contributed by atoms with E-state index in [1.165, 1.54) is 25.1 Å². The van der Waals surface area contributed by atoms with Crippen molar-refractivity contribution in [2.24, 2.45) is 0 Å². The van der Waals surface area contributed by atoms with Crippen LogP contribution in [0.1, 0.15) is 28.9 Å². The Bertz CT molecular complexity index is 1330. The van der Waals surface area contributed by atoms with Gasteiger partial charge in [-0.1, -0.05) is 12.1 Å². The normalized spacial score (nSPS) is 13.1. The molecule has 7 nitrogen and oxygen atoms in total. The van der Waals surface area contributed by atoms with Gasteiger partial charge in [-0.15, -0.1) is 0 Å². The molecule has 8 heteroatoms. The Morgan fingerprint density at radius 3 is 2.83 bits per heavy atom. The molecule has 2 N–H and O–H groups in total. The van der Waals surface area contributed by atoms with Crippen LogP contribution in [0.4, 0.5) is 4.39 Å². The molecule has 0 aliphatic rings. The SMILES string of the molecule is Cc1c(C(=O)O[C@H](C)/C(O)=C(\C#N)c2nc3ccccc3[nH]2)oc2ccc(F)cc12. The van der Waals surface area contributed by atoms with Crippen molar-refractivity contribution in [3.8, 4) is 6.07 Å². The monoisotopic (exact) mass is 405 g/mol. The Hall–Kier alpha value is -4.12. The van der Waals surface area contributed by atoms with Crippen molar-refractivity contribution in [1.29, 1.82) is 5.26 Å². The van der Waals surface area contributed by atoms with Gasteiger partial charge < -0.3 is 19.2 Å². The van der Waals surface area contributed by atoms with Crippen molar-refractivity contribution in [2.45, 2.75) is 20.0 Å². The van der Waals surface area contributed by atoms with Gasteiger partial charge in [0, 0.05) is 10.9 Å². The summed E-state index contributed by atoms with van der Waals surface area (Å²) in [5, 5.41) is 20.5. The van der Waals surface area contributed by atoms with Gasteiger partial charge in [-0.3, -0.25) is 0 Å². The zero-order valence-corrected chi connectivity index (χ0v) is 16.1. The van der Waals surface area contributed by atoms with Gasteiger partial charge in [0.2, 0.25) is 5.76 Å². The minimum absolute atomic E-state index is 0.0995. The first-order valence-corrected chi connectivity index (χ1v) is 9.07. The second kappa shape index (κ2) is 7.37. The number of furan rings is 1. The third-order valence-corrected chi connectivity index (χ3v) is 4.75. The maximum atomic E-state index is 13.5. The molecule has 0 saturated carbocycles. The molecule has 0 fully saturated rings. The fourth-order valence-corrected chi connectivity index (χ4v) is 3.16. The predicted octanol–water partition coefficient (Wildman–Crippen LogP) is 4.79. The number of imidazole rings is 1. The standard InChI is InChI=1S/C22H16FN3O4/c1-11-14-9-13(23)7-8-18(14)30-20(11)22(28)29-12(2)19(27)15(10-24)21-25-16-5-3-4-6-17(16)26-21/h3-9,12,27H,1-2H3,(H,25,26)/b19-15-/t12-/m1/s1. The quantitative estimate of drug-likeness (QED) is 0.287. The number of aromatic amines is 1. The molecule has 0 aliphatic carbocycles. The third-order valence-electron chi connectivity index (χ3n) is 4.75. The van der Waals surface area contributed by atoms with Crippen molar-refractivity contribution >= 4 is 33.5 Å². The van der Waals surface area contributed by atoms with Crippen LogP contribution in [0.2, 0.25) is 0 Å². The lowest BCUT2D eigenvalue weighted by Gasteiger charge is -2.13. The highest BCUT2D eigenvalue weighted by Crippen LogP contribution is 2.28. The van der Waals surface area contributed by atoms with Gasteiger partial charge in [0.15, 0.2) is 17.7 Å². The molecule has 2 aromatic carbocycles. The van der Waals surface area contributed by atoms with Gasteiger partial charge in [0.05, 0.1) is 11.0 Å². The van der Waals surface area contributed by atoms with Crippen molar-refractivity contribution in [1.82, 2.24) is 9.97 Å². The minimum atomic E-state index is -1.15. The van der Waals surface area contributed by atoms with Crippen LogP contribution in [0.25, 0.3) is 27.6 Å². The number of aliphatic hydroxyl groups is 1. The number of hydrogen-bond donors (Lipinski definition) is 2. The first-order valence-electron chi connectivity index (χ1n) is 9.07. The predicted molar refractivity (Wildman–Crippen MR) is 107 cm³/mol. The van der Waals surface area contributed by atoms with Crippen LogP contribution in [0.5, 0.6) is 0 Å². The molecule has 0 bridgehead atoms. The van der Waals surface area contributed by atoms with Gasteiger partial charge in [-0.25, -0.2) is 14.2 Å². The van der Waals surface area contributed by atoms with Crippen LogP contribution < -0.4 is 0 Å². The summed E-state index contributed by atoms with van der Waals surface area (Å²) in [6, 6.07) is 13.0. The molecular formula is C22H16FN3O4. The summed E-state index contributed by atoms with van der Waals surface area (Å²) >= 11 is 0. The maximum absolute atomic E-state index is 13.5. The van der Waals surface area contributed by atoms with Gasteiger partial charge in [-0.05, 0) is 44.2 Å². The zero-order valence-electron chi connectivity index (χ0n) is 16.1. The van der Waals surface area contributed by atoms with E-state index in [1.807, 2.05) is 12.1 Å². The van der Waals surface area contributed by atoms with E-state index in [4.69, 9.17) is 9.15 Å². The molecule has 30 heavy (non-hydrogen) atoms. The number of nitriles is 1. The molecule has 0 spiro atoms. The summed E-state index contributed by atoms with van der Waals surface area (Å²) in [5.41, 5.74) is 1.94. The van der Waals surface area contributed by atoms with E-state index in [2.05, 4.69) is 9.97 Å². The molecule has 0 saturated heterocycles. The highest BCUT2D eigenvalue weighted by Gasteiger charge is 2.25. The lowest BCUT2D eigenvalue weighted by atomic mass is 10.1. The van der Waals surface area contributed by atoms with Crippen LogP contribution >= 0.6 is 0 Å². The topological polar surface area (TPSA) is 112 Å². The summed E-state index contributed by atoms with van der Waals surface area (Å²) < 4.78 is 24.2. The van der Waals surface area contributed by atoms with Crippen molar-refractivity contribution in [3.63, 3.8) is 0 Å². The van der Waals surface area contributed by atoms with Gasteiger partial charge in [0.1, 0.15) is 23.0 Å². The number of fused-ring (bicyclic) bond motifs is 2. The number of rotatable bonds is 4. The molecule has 0 aliphatic heterocycles. The fraction of sp³-hybridized carbons (Fsp3) is 0.136. The molecule has 1 atom stereocenters. The smallest absolute Gasteiger partial charge is 0.375 e. The van der Waals surface area contributed by atoms with Crippen molar-refractivity contribution in [3.05, 3.63) is 71.2 Å². The lowest BCUT2D eigenvalue weighted by molar-refractivity contribution is 0.0300. The summed E-state index contributed by atoms with van der Waals surface area (Å²) in [4.78, 5) is 19.8. The van der Waals surface area contributed by atoms with Crippen LogP contribution in [0.3, 0.4) is 0 Å². The van der Waals surface area contributed by atoms with Crippen molar-refractivity contribution < 1.29 is 23.4 Å². The summed E-state index contributed by atoms with van der Waals surface area (Å²) in [6.07, 6.45) is -1.15. The van der Waals surface area contributed by atoms with Crippen molar-refractivity contribution in [2.75, 3.05) is 0 Å². The second-order valence-corrected chi connectivity index (χ2v) is 6.72. The zero-order chi connectivity index (χ0) is 21.4. The number of aromatic nitrogens is 2. The number of nitrogens with zero attached hydrogens (tertiary/aromatic N) is 2. The summed E-state index contributed by atoms with van der Waals surface area (Å²) in [7, 11) is 0. The van der Waals surface area contributed by atoms with E-state index in [1.54, 1.807) is 25.1 Å². The molecule has 2 aromatic heterocycles. The van der Waals surface area contributed by atoms with E-state index in [0.29, 0.717) is 27.6 Å². The summed E-state index contributed by atoms with van der Waals surface area (Å²) in [5.74, 6) is -1.69. The molecule has 0 unspecified atom stereocenters. The average molecular weight is 405 g/mol. The Morgan fingerprint density at radius 2 is 2.10 bits per heavy atom. The largest absolute Gasteiger partial charge is 0.507 e. The highest BCUT2D eigenvalue weighted by molar-refractivity contribution is 5.96. The lowest BCUT2D eigenvalue weighted by Crippen LogP contribution is -2.18. The van der Waals surface area contributed by atoms with Gasteiger partial charge in [0.25, 0.3) is 0 Å². The number of nitrogens with one attached hydrogen (secondary N) is 1. The average Bonchev–Trinajstić information content (AvgIpc) is 3.29. The van der Waals surface area contributed by atoms with E-state index < -0.39 is 23.6 Å². The number of carbonyl (C=O) groups excluding carboxylic acids is 1. The Labute approximate surface area is 170 Å². The highest BCUT2D eigenvalue weighted by atomic mass is 19.1. The van der Waals surface area contributed by atoms with Crippen LogP contribution in [0.15, 0.2) is 52.6 Å². The first-order chi connectivity index (χ1) is 14.4. The number of hydrogen-bond acceptors (Lipinski definition) is 6. The number of esters is 1. The van der Waals surface area contributed by atoms with E-state index in [-0.39, 0.29) is 17.2 Å². The third kappa shape index (κ3) is 3.26. The molecule has 4 aromatic rings. The van der Waals surface area contributed by atoms with E-state index >= 15 is 0 Å². The van der Waals surface area contributed by atoms with E-state index in [0.717, 1.165) is 0 Å². The van der Waals surface area contributed by atoms with E-state index in [9.17, 15) is 19.6 Å². The van der Waals surface area contributed by atoms with Crippen LogP contribution in [-0.2, 0) is 4.74 Å². The number of allylic oxidation sites excluding steroid dienone is 1. The maximum Gasteiger partial charge on any atom is 0.375 e. The number of para-hydroxylation sites is 2. The fourth-order valence-electron chi connectivity index (χ4n) is 3.16. The molecular weight excluding hydrogens is 389 g/mol. The Balaban J connectivity index is 1.63. The number of halogens is 1. The molecule has 0 amide bonds.